The maximum absolute atomic E-state index is 10.5. The van der Waals surface area contributed by atoms with E-state index in [1.54, 1.807) is 12.1 Å². The molecule has 15 heavy (non-hydrogen) atoms. The zero-order valence-electron chi connectivity index (χ0n) is 8.51. The number of aldehydes is 1. The largest absolute Gasteiger partial charge is 0.346 e. The maximum Gasteiger partial charge on any atom is 0.208 e. The van der Waals surface area contributed by atoms with Gasteiger partial charge >= 0.3 is 0 Å². The van der Waals surface area contributed by atoms with Crippen molar-refractivity contribution >= 4 is 12.7 Å². The monoisotopic (exact) mass is 207 g/mol. The molecule has 1 aromatic heterocycles. The molecule has 5 heteroatoms. The molecule has 1 heterocycles. The van der Waals surface area contributed by atoms with Crippen molar-refractivity contribution in [3.8, 4) is 0 Å². The number of aromatic nitrogens is 1. The number of hydrogen-bond acceptors (Lipinski definition) is 4. The lowest BCUT2D eigenvalue weighted by Gasteiger charge is -2.14. The van der Waals surface area contributed by atoms with E-state index in [1.165, 1.54) is 0 Å². The van der Waals surface area contributed by atoms with Crippen LogP contribution in [-0.4, -0.2) is 36.3 Å². The molecule has 0 aliphatic heterocycles. The highest BCUT2D eigenvalue weighted by atomic mass is 16.1. The fraction of sp³-hybridized carbons (Fsp3) is 0.300. The highest BCUT2D eigenvalue weighted by Crippen LogP contribution is 2.00. The zero-order chi connectivity index (χ0) is 11.1. The lowest BCUT2D eigenvalue weighted by atomic mass is 10.3. The third-order valence-electron chi connectivity index (χ3n) is 1.83. The van der Waals surface area contributed by atoms with Crippen LogP contribution in [0.25, 0.3) is 0 Å². The number of carbonyl (C=O) groups excluding carboxylic acids is 2. The van der Waals surface area contributed by atoms with E-state index in [9.17, 15) is 9.59 Å². The van der Waals surface area contributed by atoms with Gasteiger partial charge in [0.05, 0.1) is 12.4 Å². The molecular formula is C10H13N3O2. The van der Waals surface area contributed by atoms with E-state index in [-0.39, 0.29) is 0 Å². The number of rotatable bonds is 6. The first-order valence-corrected chi connectivity index (χ1v) is 4.53. The minimum Gasteiger partial charge on any atom is -0.346 e. The quantitative estimate of drug-likeness (QED) is 0.528. The number of nitrogens with zero attached hydrogens (tertiary/aromatic N) is 2. The molecule has 0 spiro atoms. The Bertz CT molecular complexity index is 341. The van der Waals surface area contributed by atoms with Gasteiger partial charge in [0.1, 0.15) is 5.69 Å². The van der Waals surface area contributed by atoms with Crippen LogP contribution in [0.15, 0.2) is 18.2 Å². The third-order valence-corrected chi connectivity index (χ3v) is 1.83. The van der Waals surface area contributed by atoms with Gasteiger partial charge in [-0.05, 0) is 19.2 Å². The van der Waals surface area contributed by atoms with E-state index in [2.05, 4.69) is 10.3 Å². The van der Waals surface area contributed by atoms with E-state index in [0.29, 0.717) is 31.6 Å². The summed E-state index contributed by atoms with van der Waals surface area (Å²) >= 11 is 0. The Kier molecular flexibility index (Phi) is 4.43. The number of carbonyl (C=O) groups is 2. The average molecular weight is 207 g/mol. The highest BCUT2D eigenvalue weighted by Gasteiger charge is 2.01. The van der Waals surface area contributed by atoms with Crippen molar-refractivity contribution < 1.29 is 9.59 Å². The van der Waals surface area contributed by atoms with Crippen LogP contribution >= 0.6 is 0 Å². The van der Waals surface area contributed by atoms with Crippen LogP contribution in [0.3, 0.4) is 0 Å². The SMILES string of the molecule is CN(CNC=O)Cc1cccc(C=O)n1. The first-order chi connectivity index (χ1) is 7.26. The molecule has 0 aliphatic rings. The molecule has 80 valence electrons. The molecule has 1 N–H and O–H groups in total. The Morgan fingerprint density at radius 1 is 1.47 bits per heavy atom. The molecule has 1 aromatic rings. The summed E-state index contributed by atoms with van der Waals surface area (Å²) in [4.78, 5) is 26.5. The van der Waals surface area contributed by atoms with Gasteiger partial charge in [-0.2, -0.15) is 0 Å². The van der Waals surface area contributed by atoms with E-state index in [0.717, 1.165) is 5.69 Å². The van der Waals surface area contributed by atoms with E-state index in [4.69, 9.17) is 0 Å². The molecule has 0 atom stereocenters. The van der Waals surface area contributed by atoms with Gasteiger partial charge in [-0.3, -0.25) is 14.5 Å². The van der Waals surface area contributed by atoms with E-state index in [1.807, 2.05) is 18.0 Å². The second-order valence-electron chi connectivity index (χ2n) is 3.17. The number of amides is 1. The van der Waals surface area contributed by atoms with Crippen molar-refractivity contribution in [3.63, 3.8) is 0 Å². The van der Waals surface area contributed by atoms with Crippen molar-refractivity contribution in [1.82, 2.24) is 15.2 Å². The zero-order valence-corrected chi connectivity index (χ0v) is 8.51. The molecule has 0 bridgehead atoms. The summed E-state index contributed by atoms with van der Waals surface area (Å²) in [5.41, 5.74) is 1.22. The molecule has 0 aromatic carbocycles. The van der Waals surface area contributed by atoms with Crippen LogP contribution in [0.1, 0.15) is 16.2 Å². The van der Waals surface area contributed by atoms with Gasteiger partial charge in [0.2, 0.25) is 6.41 Å². The molecule has 0 saturated heterocycles. The van der Waals surface area contributed by atoms with Crippen molar-refractivity contribution in [2.45, 2.75) is 6.54 Å². The van der Waals surface area contributed by atoms with Crippen LogP contribution in [0.5, 0.6) is 0 Å². The fourth-order valence-corrected chi connectivity index (χ4v) is 1.18. The van der Waals surface area contributed by atoms with Crippen LogP contribution < -0.4 is 5.32 Å². The summed E-state index contributed by atoms with van der Waals surface area (Å²) in [5.74, 6) is 0. The molecule has 0 aliphatic carbocycles. The summed E-state index contributed by atoms with van der Waals surface area (Å²) in [7, 11) is 1.85. The van der Waals surface area contributed by atoms with Gasteiger partial charge in [0.25, 0.3) is 0 Å². The Morgan fingerprint density at radius 3 is 2.93 bits per heavy atom. The molecule has 0 fully saturated rings. The Balaban J connectivity index is 2.55. The van der Waals surface area contributed by atoms with Crippen molar-refractivity contribution in [2.24, 2.45) is 0 Å². The molecule has 1 amide bonds. The predicted molar refractivity (Wildman–Crippen MR) is 55.2 cm³/mol. The first kappa shape index (κ1) is 11.3. The van der Waals surface area contributed by atoms with E-state index < -0.39 is 0 Å². The third kappa shape index (κ3) is 3.86. The van der Waals surface area contributed by atoms with Crippen LogP contribution in [0.4, 0.5) is 0 Å². The molecule has 5 nitrogen and oxygen atoms in total. The van der Waals surface area contributed by atoms with Crippen LogP contribution in [-0.2, 0) is 11.3 Å². The van der Waals surface area contributed by atoms with Crippen molar-refractivity contribution in [2.75, 3.05) is 13.7 Å². The van der Waals surface area contributed by atoms with E-state index >= 15 is 0 Å². The standard InChI is InChI=1S/C10H13N3O2/c1-13(7-11-8-15)5-9-3-2-4-10(6-14)12-9/h2-4,6,8H,5,7H2,1H3,(H,11,15). The molecule has 1 rings (SSSR count). The second-order valence-corrected chi connectivity index (χ2v) is 3.17. The summed E-state index contributed by atoms with van der Waals surface area (Å²) in [6.07, 6.45) is 1.36. The second kappa shape index (κ2) is 5.87. The van der Waals surface area contributed by atoms with Gasteiger partial charge in [-0.15, -0.1) is 0 Å². The summed E-state index contributed by atoms with van der Waals surface area (Å²) in [6, 6.07) is 5.28. The Hall–Kier alpha value is -1.75. The average Bonchev–Trinajstić information content (AvgIpc) is 2.26. The highest BCUT2D eigenvalue weighted by molar-refractivity contribution is 5.71. The summed E-state index contributed by atoms with van der Waals surface area (Å²) in [6.45, 7) is 1.04. The predicted octanol–water partition coefficient (Wildman–Crippen LogP) is 0.0294. The number of nitrogens with one attached hydrogen (secondary N) is 1. The molecule has 0 radical (unpaired) electrons. The van der Waals surface area contributed by atoms with Crippen LogP contribution in [0, 0.1) is 0 Å². The summed E-state index contributed by atoms with van der Waals surface area (Å²) < 4.78 is 0. The van der Waals surface area contributed by atoms with Crippen molar-refractivity contribution in [3.05, 3.63) is 29.6 Å². The van der Waals surface area contributed by atoms with Gasteiger partial charge in [-0.25, -0.2) is 4.98 Å². The fourth-order valence-electron chi connectivity index (χ4n) is 1.18. The van der Waals surface area contributed by atoms with Gasteiger partial charge in [0, 0.05) is 6.54 Å². The van der Waals surface area contributed by atoms with Crippen LogP contribution in [0.2, 0.25) is 0 Å². The maximum atomic E-state index is 10.5. The molecule has 0 saturated carbocycles. The molecular weight excluding hydrogens is 194 g/mol. The Morgan fingerprint density at radius 2 is 2.27 bits per heavy atom. The summed E-state index contributed by atoms with van der Waals surface area (Å²) in [5, 5.41) is 2.54. The number of pyridine rings is 1. The van der Waals surface area contributed by atoms with Gasteiger partial charge in [-0.1, -0.05) is 6.07 Å². The van der Waals surface area contributed by atoms with Gasteiger partial charge in [0.15, 0.2) is 6.29 Å². The lowest BCUT2D eigenvalue weighted by Crippen LogP contribution is -2.30. The van der Waals surface area contributed by atoms with Gasteiger partial charge < -0.3 is 5.32 Å². The first-order valence-electron chi connectivity index (χ1n) is 4.53. The molecule has 0 unspecified atom stereocenters. The minimum absolute atomic E-state index is 0.421. The lowest BCUT2D eigenvalue weighted by molar-refractivity contribution is -0.110. The topological polar surface area (TPSA) is 62.3 Å². The minimum atomic E-state index is 0.421. The normalized spacial score (nSPS) is 10.0. The smallest absolute Gasteiger partial charge is 0.208 e. The number of hydrogen-bond donors (Lipinski definition) is 1. The Labute approximate surface area is 88.1 Å². The van der Waals surface area contributed by atoms with Crippen molar-refractivity contribution in [1.29, 1.82) is 0 Å².